The van der Waals surface area contributed by atoms with Crippen LogP contribution >= 0.6 is 0 Å². The van der Waals surface area contributed by atoms with E-state index < -0.39 is 29.8 Å². The van der Waals surface area contributed by atoms with E-state index in [1.807, 2.05) is 0 Å². The standard InChI is InChI=1S/C12H14F2O5/c1-3-19-12(17)10(16)7-4-6(18-2)5-8(9(7)15)11(13)14/h4-5,10-11,15-16H,3H2,1-2H3. The lowest BCUT2D eigenvalue weighted by Gasteiger charge is -2.15. The maximum Gasteiger partial charge on any atom is 0.339 e. The molecule has 0 amide bonds. The molecular formula is C12H14F2O5. The number of esters is 1. The molecule has 2 N–H and O–H groups in total. The number of carbonyl (C=O) groups is 1. The number of rotatable bonds is 5. The number of benzene rings is 1. The molecule has 19 heavy (non-hydrogen) atoms. The van der Waals surface area contributed by atoms with Crippen LogP contribution in [-0.2, 0) is 9.53 Å². The molecule has 0 bridgehead atoms. The lowest BCUT2D eigenvalue weighted by atomic mass is 10.0. The summed E-state index contributed by atoms with van der Waals surface area (Å²) in [5.74, 6) is -1.89. The highest BCUT2D eigenvalue weighted by atomic mass is 19.3. The van der Waals surface area contributed by atoms with E-state index >= 15 is 0 Å². The Labute approximate surface area is 108 Å². The predicted octanol–water partition coefficient (Wildman–Crippen LogP) is 1.93. The zero-order valence-corrected chi connectivity index (χ0v) is 10.4. The number of aliphatic hydroxyl groups excluding tert-OH is 1. The molecule has 1 aromatic carbocycles. The zero-order valence-electron chi connectivity index (χ0n) is 10.4. The zero-order chi connectivity index (χ0) is 14.6. The largest absolute Gasteiger partial charge is 0.507 e. The van der Waals surface area contributed by atoms with Gasteiger partial charge >= 0.3 is 5.97 Å². The molecule has 0 aliphatic carbocycles. The van der Waals surface area contributed by atoms with Crippen LogP contribution in [0.3, 0.4) is 0 Å². The van der Waals surface area contributed by atoms with Crippen LogP contribution in [0, 0.1) is 0 Å². The van der Waals surface area contributed by atoms with Crippen LogP contribution in [0.15, 0.2) is 12.1 Å². The number of hydrogen-bond donors (Lipinski definition) is 2. The first-order valence-corrected chi connectivity index (χ1v) is 5.46. The van der Waals surface area contributed by atoms with Crippen LogP contribution in [0.5, 0.6) is 11.5 Å². The predicted molar refractivity (Wildman–Crippen MR) is 61.2 cm³/mol. The fourth-order valence-electron chi connectivity index (χ4n) is 1.49. The molecule has 0 saturated heterocycles. The van der Waals surface area contributed by atoms with Gasteiger partial charge in [-0.3, -0.25) is 0 Å². The van der Waals surface area contributed by atoms with Crippen molar-refractivity contribution < 1.29 is 33.3 Å². The van der Waals surface area contributed by atoms with E-state index in [0.717, 1.165) is 12.1 Å². The third-order valence-corrected chi connectivity index (χ3v) is 2.42. The Morgan fingerprint density at radius 3 is 2.42 bits per heavy atom. The lowest BCUT2D eigenvalue weighted by Crippen LogP contribution is -2.16. The molecule has 0 fully saturated rings. The molecule has 0 heterocycles. The Hall–Kier alpha value is -1.89. The van der Waals surface area contributed by atoms with E-state index in [9.17, 15) is 23.8 Å². The Morgan fingerprint density at radius 1 is 1.37 bits per heavy atom. The highest BCUT2D eigenvalue weighted by Gasteiger charge is 2.27. The van der Waals surface area contributed by atoms with Crippen LogP contribution in [0.25, 0.3) is 0 Å². The second-order valence-corrected chi connectivity index (χ2v) is 3.61. The average molecular weight is 276 g/mol. The minimum absolute atomic E-state index is 0.00792. The van der Waals surface area contributed by atoms with Gasteiger partial charge in [-0.1, -0.05) is 0 Å². The minimum atomic E-state index is -2.97. The van der Waals surface area contributed by atoms with Crippen molar-refractivity contribution in [2.45, 2.75) is 19.5 Å². The van der Waals surface area contributed by atoms with Crippen molar-refractivity contribution in [3.63, 3.8) is 0 Å². The summed E-state index contributed by atoms with van der Waals surface area (Å²) in [5, 5.41) is 19.4. The lowest BCUT2D eigenvalue weighted by molar-refractivity contribution is -0.153. The summed E-state index contributed by atoms with van der Waals surface area (Å²) in [6.07, 6.45) is -4.82. The summed E-state index contributed by atoms with van der Waals surface area (Å²) in [6, 6.07) is 2.03. The monoisotopic (exact) mass is 276 g/mol. The van der Waals surface area contributed by atoms with Gasteiger partial charge in [0.25, 0.3) is 6.43 Å². The van der Waals surface area contributed by atoms with Gasteiger partial charge in [0.15, 0.2) is 6.10 Å². The highest BCUT2D eigenvalue weighted by molar-refractivity contribution is 5.77. The average Bonchev–Trinajstić information content (AvgIpc) is 2.38. The van der Waals surface area contributed by atoms with Crippen molar-refractivity contribution in [1.82, 2.24) is 0 Å². The summed E-state index contributed by atoms with van der Waals surface area (Å²) in [4.78, 5) is 11.4. The second kappa shape index (κ2) is 6.33. The fourth-order valence-corrected chi connectivity index (χ4v) is 1.49. The third-order valence-electron chi connectivity index (χ3n) is 2.42. The van der Waals surface area contributed by atoms with E-state index in [4.69, 9.17) is 4.74 Å². The molecule has 0 aliphatic heterocycles. The van der Waals surface area contributed by atoms with Gasteiger partial charge in [-0.15, -0.1) is 0 Å². The van der Waals surface area contributed by atoms with Gasteiger partial charge in [0.2, 0.25) is 0 Å². The van der Waals surface area contributed by atoms with E-state index in [1.165, 1.54) is 14.0 Å². The van der Waals surface area contributed by atoms with E-state index in [2.05, 4.69) is 4.74 Å². The summed E-state index contributed by atoms with van der Waals surface area (Å²) >= 11 is 0. The molecule has 1 unspecified atom stereocenters. The second-order valence-electron chi connectivity index (χ2n) is 3.61. The summed E-state index contributed by atoms with van der Waals surface area (Å²) in [7, 11) is 1.24. The van der Waals surface area contributed by atoms with Crippen molar-refractivity contribution in [3.8, 4) is 11.5 Å². The molecule has 0 spiro atoms. The number of aromatic hydroxyl groups is 1. The quantitative estimate of drug-likeness (QED) is 0.804. The van der Waals surface area contributed by atoms with E-state index in [0.29, 0.717) is 0 Å². The molecule has 0 aliphatic rings. The van der Waals surface area contributed by atoms with Gasteiger partial charge in [-0.05, 0) is 19.1 Å². The smallest absolute Gasteiger partial charge is 0.339 e. The summed E-state index contributed by atoms with van der Waals surface area (Å²) in [5.41, 5.74) is -1.11. The molecular weight excluding hydrogens is 262 g/mol. The van der Waals surface area contributed by atoms with Crippen LogP contribution in [0.4, 0.5) is 8.78 Å². The Bertz CT molecular complexity index is 462. The third kappa shape index (κ3) is 3.31. The SMILES string of the molecule is CCOC(=O)C(O)c1cc(OC)cc(C(F)F)c1O. The first-order chi connectivity index (χ1) is 8.92. The normalized spacial score (nSPS) is 12.3. The molecule has 7 heteroatoms. The van der Waals surface area contributed by atoms with Crippen LogP contribution < -0.4 is 4.74 Å². The van der Waals surface area contributed by atoms with Crippen LogP contribution in [0.2, 0.25) is 0 Å². The van der Waals surface area contributed by atoms with Crippen LogP contribution in [0.1, 0.15) is 30.6 Å². The van der Waals surface area contributed by atoms with Crippen molar-refractivity contribution in [2.24, 2.45) is 0 Å². The Morgan fingerprint density at radius 2 is 1.95 bits per heavy atom. The van der Waals surface area contributed by atoms with Crippen molar-refractivity contribution in [2.75, 3.05) is 13.7 Å². The highest BCUT2D eigenvalue weighted by Crippen LogP contribution is 2.38. The van der Waals surface area contributed by atoms with Crippen molar-refractivity contribution in [1.29, 1.82) is 0 Å². The maximum absolute atomic E-state index is 12.7. The molecule has 1 aromatic rings. The van der Waals surface area contributed by atoms with Crippen molar-refractivity contribution in [3.05, 3.63) is 23.3 Å². The molecule has 106 valence electrons. The van der Waals surface area contributed by atoms with E-state index in [1.54, 1.807) is 0 Å². The topological polar surface area (TPSA) is 76.0 Å². The number of aliphatic hydroxyl groups is 1. The van der Waals surface area contributed by atoms with Gasteiger partial charge < -0.3 is 19.7 Å². The first-order valence-electron chi connectivity index (χ1n) is 5.46. The Balaban J connectivity index is 3.25. The molecule has 0 aromatic heterocycles. The first kappa shape index (κ1) is 15.2. The van der Waals surface area contributed by atoms with Crippen LogP contribution in [-0.4, -0.2) is 29.9 Å². The summed E-state index contributed by atoms with van der Waals surface area (Å²) < 4.78 is 34.8. The van der Waals surface area contributed by atoms with Crippen molar-refractivity contribution >= 4 is 5.97 Å². The minimum Gasteiger partial charge on any atom is -0.507 e. The maximum atomic E-state index is 12.7. The number of phenols is 1. The molecule has 5 nitrogen and oxygen atoms in total. The fraction of sp³-hybridized carbons (Fsp3) is 0.417. The van der Waals surface area contributed by atoms with Gasteiger partial charge in [-0.2, -0.15) is 0 Å². The molecule has 0 radical (unpaired) electrons. The number of halogens is 2. The number of ether oxygens (including phenoxy) is 2. The number of alkyl halides is 2. The molecule has 1 atom stereocenters. The van der Waals surface area contributed by atoms with Gasteiger partial charge in [0, 0.05) is 5.56 Å². The molecule has 0 saturated carbocycles. The summed E-state index contributed by atoms with van der Waals surface area (Å²) in [6.45, 7) is 1.54. The number of carbonyl (C=O) groups excluding carboxylic acids is 1. The van der Waals surface area contributed by atoms with Gasteiger partial charge in [-0.25, -0.2) is 13.6 Å². The van der Waals surface area contributed by atoms with Gasteiger partial charge in [0.05, 0.1) is 19.3 Å². The van der Waals surface area contributed by atoms with E-state index in [-0.39, 0.29) is 17.9 Å². The number of methoxy groups -OCH3 is 1. The molecule has 1 rings (SSSR count). The number of phenolic OH excluding ortho intramolecular Hbond substituents is 1. The van der Waals surface area contributed by atoms with Gasteiger partial charge in [0.1, 0.15) is 11.5 Å². The Kier molecular flexibility index (Phi) is 5.05. The number of hydrogen-bond acceptors (Lipinski definition) is 5.